The van der Waals surface area contributed by atoms with Crippen LogP contribution < -0.4 is 0 Å². The van der Waals surface area contributed by atoms with E-state index in [-0.39, 0.29) is 0 Å². The van der Waals surface area contributed by atoms with Crippen LogP contribution in [-0.4, -0.2) is 36.0 Å². The zero-order chi connectivity index (χ0) is 14.1. The monoisotopic (exact) mass is 272 g/mol. The van der Waals surface area contributed by atoms with Crippen molar-refractivity contribution >= 4 is 0 Å². The van der Waals surface area contributed by atoms with Gasteiger partial charge in [0.15, 0.2) is 5.82 Å². The Kier molecular flexibility index (Phi) is 7.66. The Balaban J connectivity index is 2.91. The zero-order valence-corrected chi connectivity index (χ0v) is 12.2. The van der Waals surface area contributed by atoms with E-state index in [1.165, 1.54) is 0 Å². The topological polar surface area (TPSA) is 54.7 Å². The highest BCUT2D eigenvalue weighted by Crippen LogP contribution is 2.22. The van der Waals surface area contributed by atoms with Crippen LogP contribution in [0, 0.1) is 0 Å². The third kappa shape index (κ3) is 4.58. The maximum atomic E-state index is 5.56. The normalized spacial score (nSPS) is 11.7. The molecule has 1 heterocycles. The minimum Gasteiger partial charge on any atom is -0.346 e. The minimum absolute atomic E-state index is 0.504. The van der Waals surface area contributed by atoms with Crippen molar-refractivity contribution in [3.05, 3.63) is 18.2 Å². The third-order valence-electron chi connectivity index (χ3n) is 2.39. The van der Waals surface area contributed by atoms with Gasteiger partial charge in [-0.3, -0.25) is 4.57 Å². The molecule has 110 valence electrons. The summed E-state index contributed by atoms with van der Waals surface area (Å²) in [7, 11) is 0. The summed E-state index contributed by atoms with van der Waals surface area (Å²) in [5, 5.41) is 0. The minimum atomic E-state index is -0.506. The van der Waals surface area contributed by atoms with E-state index in [2.05, 4.69) is 4.98 Å². The highest BCUT2D eigenvalue weighted by Gasteiger charge is 2.22. The number of rotatable bonds is 10. The molecule has 0 radical (unpaired) electrons. The number of ether oxygens (including phenoxy) is 4. The van der Waals surface area contributed by atoms with Crippen LogP contribution in [0.25, 0.3) is 0 Å². The van der Waals surface area contributed by atoms with Crippen LogP contribution in [0.2, 0.25) is 0 Å². The molecule has 0 fully saturated rings. The Morgan fingerprint density at radius 1 is 0.947 bits per heavy atom. The van der Waals surface area contributed by atoms with Crippen LogP contribution in [0.4, 0.5) is 0 Å². The van der Waals surface area contributed by atoms with Gasteiger partial charge in [-0.1, -0.05) is 0 Å². The summed E-state index contributed by atoms with van der Waals surface area (Å²) < 4.78 is 24.0. The molecule has 6 nitrogen and oxygen atoms in total. The molecule has 0 amide bonds. The predicted octanol–water partition coefficient (Wildman–Crippen LogP) is 2.48. The van der Waals surface area contributed by atoms with E-state index in [4.69, 9.17) is 18.9 Å². The molecule has 0 aliphatic carbocycles. The van der Waals surface area contributed by atoms with Gasteiger partial charge in [0.25, 0.3) is 0 Å². The van der Waals surface area contributed by atoms with Gasteiger partial charge in [0.05, 0.1) is 0 Å². The van der Waals surface area contributed by atoms with Crippen LogP contribution in [0.3, 0.4) is 0 Å². The smallest absolute Gasteiger partial charge is 0.245 e. The van der Waals surface area contributed by atoms with Gasteiger partial charge in [0.1, 0.15) is 0 Å². The van der Waals surface area contributed by atoms with Crippen molar-refractivity contribution in [1.29, 1.82) is 0 Å². The third-order valence-corrected chi connectivity index (χ3v) is 2.39. The molecule has 0 spiro atoms. The summed E-state index contributed by atoms with van der Waals surface area (Å²) in [6.45, 7) is 9.88. The van der Waals surface area contributed by atoms with Gasteiger partial charge < -0.3 is 18.9 Å². The van der Waals surface area contributed by atoms with Gasteiger partial charge in [-0.05, 0) is 27.7 Å². The summed E-state index contributed by atoms with van der Waals surface area (Å²) in [4.78, 5) is 4.29. The molecular formula is C13H24N2O4. The number of hydrogen-bond donors (Lipinski definition) is 0. The van der Waals surface area contributed by atoms with Crippen LogP contribution in [0.1, 0.15) is 46.2 Å². The lowest BCUT2D eigenvalue weighted by Crippen LogP contribution is -2.22. The first-order chi connectivity index (χ1) is 9.28. The summed E-state index contributed by atoms with van der Waals surface area (Å²) in [6, 6.07) is 0. The Morgan fingerprint density at radius 2 is 1.47 bits per heavy atom. The second kappa shape index (κ2) is 9.03. The highest BCUT2D eigenvalue weighted by molar-refractivity contribution is 4.95. The lowest BCUT2D eigenvalue weighted by Gasteiger charge is -2.23. The average molecular weight is 272 g/mol. The lowest BCUT2D eigenvalue weighted by molar-refractivity contribution is -0.199. The van der Waals surface area contributed by atoms with Crippen molar-refractivity contribution in [2.75, 3.05) is 26.4 Å². The molecule has 0 N–H and O–H groups in total. The molecule has 19 heavy (non-hydrogen) atoms. The van der Waals surface area contributed by atoms with Crippen LogP contribution in [-0.2, 0) is 18.9 Å². The van der Waals surface area contributed by atoms with Crippen molar-refractivity contribution in [3.63, 3.8) is 0 Å². The van der Waals surface area contributed by atoms with Crippen molar-refractivity contribution in [3.8, 4) is 0 Å². The molecule has 0 aliphatic rings. The van der Waals surface area contributed by atoms with E-state index in [0.29, 0.717) is 32.3 Å². The van der Waals surface area contributed by atoms with E-state index >= 15 is 0 Å². The molecule has 0 unspecified atom stereocenters. The van der Waals surface area contributed by atoms with Gasteiger partial charge in [-0.25, -0.2) is 4.98 Å². The van der Waals surface area contributed by atoms with Crippen LogP contribution in [0.15, 0.2) is 12.4 Å². The van der Waals surface area contributed by atoms with Crippen molar-refractivity contribution < 1.29 is 18.9 Å². The molecule has 0 aliphatic heterocycles. The fourth-order valence-electron chi connectivity index (χ4n) is 1.68. The predicted molar refractivity (Wildman–Crippen MR) is 70.5 cm³/mol. The quantitative estimate of drug-likeness (QED) is 0.612. The number of aromatic nitrogens is 2. The lowest BCUT2D eigenvalue weighted by atomic mass is 10.5. The van der Waals surface area contributed by atoms with Crippen molar-refractivity contribution in [2.45, 2.75) is 40.4 Å². The largest absolute Gasteiger partial charge is 0.346 e. The van der Waals surface area contributed by atoms with E-state index in [9.17, 15) is 0 Å². The molecule has 0 bridgehead atoms. The van der Waals surface area contributed by atoms with E-state index in [1.807, 2.05) is 27.7 Å². The zero-order valence-electron chi connectivity index (χ0n) is 12.2. The summed E-state index contributed by atoms with van der Waals surface area (Å²) in [5.74, 6) is 0.649. The second-order valence-corrected chi connectivity index (χ2v) is 3.65. The number of nitrogens with zero attached hydrogens (tertiary/aromatic N) is 2. The SMILES string of the molecule is CCOC(OCC)c1nccn1C(OCC)OCC. The first-order valence-corrected chi connectivity index (χ1v) is 6.77. The van der Waals surface area contributed by atoms with Gasteiger partial charge in [0.2, 0.25) is 12.7 Å². The Hall–Kier alpha value is -0.950. The average Bonchev–Trinajstić information content (AvgIpc) is 2.87. The number of hydrogen-bond acceptors (Lipinski definition) is 5. The second-order valence-electron chi connectivity index (χ2n) is 3.65. The molecule has 0 atom stereocenters. The Bertz CT molecular complexity index is 301. The summed E-state index contributed by atoms with van der Waals surface area (Å²) >= 11 is 0. The first kappa shape index (κ1) is 16.1. The van der Waals surface area contributed by atoms with Gasteiger partial charge in [-0.15, -0.1) is 0 Å². The number of imidazole rings is 1. The maximum absolute atomic E-state index is 5.56. The molecule has 1 aromatic heterocycles. The molecule has 1 rings (SSSR count). The van der Waals surface area contributed by atoms with Gasteiger partial charge in [-0.2, -0.15) is 0 Å². The fourth-order valence-corrected chi connectivity index (χ4v) is 1.68. The summed E-state index contributed by atoms with van der Waals surface area (Å²) in [6.07, 6.45) is 2.48. The van der Waals surface area contributed by atoms with E-state index in [1.54, 1.807) is 17.0 Å². The molecule has 0 saturated carbocycles. The van der Waals surface area contributed by atoms with Gasteiger partial charge in [0, 0.05) is 38.8 Å². The Labute approximate surface area is 114 Å². The standard InChI is InChI=1S/C13H24N2O4/c1-5-16-12(17-6-2)11-14-9-10-15(11)13(18-7-3)19-8-4/h9-10,12-13H,5-8H2,1-4H3. The highest BCUT2D eigenvalue weighted by atomic mass is 16.7. The molecule has 6 heteroatoms. The van der Waals surface area contributed by atoms with E-state index in [0.717, 1.165) is 0 Å². The van der Waals surface area contributed by atoms with Gasteiger partial charge >= 0.3 is 0 Å². The molecule has 0 saturated heterocycles. The summed E-state index contributed by atoms with van der Waals surface area (Å²) in [5.41, 5.74) is 0. The van der Waals surface area contributed by atoms with Crippen molar-refractivity contribution in [1.82, 2.24) is 9.55 Å². The van der Waals surface area contributed by atoms with Crippen LogP contribution in [0.5, 0.6) is 0 Å². The molecule has 0 aromatic carbocycles. The van der Waals surface area contributed by atoms with Crippen LogP contribution >= 0.6 is 0 Å². The maximum Gasteiger partial charge on any atom is 0.245 e. The Morgan fingerprint density at radius 3 is 1.95 bits per heavy atom. The van der Waals surface area contributed by atoms with Crippen molar-refractivity contribution in [2.24, 2.45) is 0 Å². The fraction of sp³-hybridized carbons (Fsp3) is 0.769. The molecule has 1 aromatic rings. The molecular weight excluding hydrogens is 248 g/mol. The van der Waals surface area contributed by atoms with E-state index < -0.39 is 12.7 Å². The first-order valence-electron chi connectivity index (χ1n) is 6.77.